The number of rotatable bonds is 4. The van der Waals surface area contributed by atoms with Crippen molar-refractivity contribution in [2.45, 2.75) is 26.9 Å². The molecule has 0 radical (unpaired) electrons. The molecular weight excluding hydrogens is 238 g/mol. The third-order valence-electron chi connectivity index (χ3n) is 2.64. The van der Waals surface area contributed by atoms with Crippen LogP contribution in [0.3, 0.4) is 0 Å². The molecule has 100 valence electrons. The quantitative estimate of drug-likeness (QED) is 0.880. The summed E-state index contributed by atoms with van der Waals surface area (Å²) in [6, 6.07) is 9.60. The second-order valence-electron chi connectivity index (χ2n) is 4.74. The zero-order chi connectivity index (χ0) is 13.8. The van der Waals surface area contributed by atoms with Crippen molar-refractivity contribution in [1.29, 1.82) is 0 Å². The highest BCUT2D eigenvalue weighted by molar-refractivity contribution is 5.61. The Morgan fingerprint density at radius 2 is 1.89 bits per heavy atom. The van der Waals surface area contributed by atoms with Crippen LogP contribution < -0.4 is 15.8 Å². The Labute approximate surface area is 113 Å². The number of anilines is 3. The van der Waals surface area contributed by atoms with Crippen LogP contribution in [0.1, 0.15) is 19.4 Å². The molecule has 3 N–H and O–H groups in total. The van der Waals surface area contributed by atoms with E-state index >= 15 is 0 Å². The average molecular weight is 257 g/mol. The predicted molar refractivity (Wildman–Crippen MR) is 78.9 cm³/mol. The summed E-state index contributed by atoms with van der Waals surface area (Å²) in [6.45, 7) is 5.94. The molecule has 1 heterocycles. The predicted octanol–water partition coefficient (Wildman–Crippen LogP) is 3.50. The van der Waals surface area contributed by atoms with Crippen molar-refractivity contribution in [3.05, 3.63) is 42.1 Å². The molecule has 0 aliphatic carbocycles. The van der Waals surface area contributed by atoms with E-state index in [4.69, 9.17) is 10.5 Å². The molecule has 1 aromatic carbocycles. The lowest BCUT2D eigenvalue weighted by Crippen LogP contribution is -2.05. The number of ether oxygens (including phenoxy) is 1. The van der Waals surface area contributed by atoms with Crippen LogP contribution in [-0.4, -0.2) is 11.1 Å². The number of nitrogens with two attached hydrogens (primary N) is 1. The van der Waals surface area contributed by atoms with E-state index in [1.807, 2.05) is 51.1 Å². The van der Waals surface area contributed by atoms with Gasteiger partial charge in [0.05, 0.1) is 6.10 Å². The van der Waals surface area contributed by atoms with Gasteiger partial charge >= 0.3 is 0 Å². The Bertz CT molecular complexity index is 550. The first-order chi connectivity index (χ1) is 9.04. The Morgan fingerprint density at radius 3 is 2.47 bits per heavy atom. The monoisotopic (exact) mass is 257 g/mol. The zero-order valence-electron chi connectivity index (χ0n) is 11.5. The van der Waals surface area contributed by atoms with Gasteiger partial charge in [-0.25, -0.2) is 4.98 Å². The van der Waals surface area contributed by atoms with Crippen molar-refractivity contribution in [3.63, 3.8) is 0 Å². The van der Waals surface area contributed by atoms with Crippen molar-refractivity contribution in [2.75, 3.05) is 11.1 Å². The third kappa shape index (κ3) is 3.61. The van der Waals surface area contributed by atoms with Gasteiger partial charge in [0.2, 0.25) is 0 Å². The zero-order valence-corrected chi connectivity index (χ0v) is 11.5. The first kappa shape index (κ1) is 13.2. The van der Waals surface area contributed by atoms with Gasteiger partial charge in [-0.2, -0.15) is 0 Å². The Balaban J connectivity index is 2.08. The van der Waals surface area contributed by atoms with Crippen molar-refractivity contribution >= 4 is 17.2 Å². The van der Waals surface area contributed by atoms with Crippen LogP contribution >= 0.6 is 0 Å². The minimum absolute atomic E-state index is 0.178. The van der Waals surface area contributed by atoms with Crippen molar-refractivity contribution in [3.8, 4) is 5.75 Å². The molecule has 4 heteroatoms. The first-order valence-electron chi connectivity index (χ1n) is 6.30. The summed E-state index contributed by atoms with van der Waals surface area (Å²) >= 11 is 0. The van der Waals surface area contributed by atoms with E-state index in [0.717, 1.165) is 28.5 Å². The highest BCUT2D eigenvalue weighted by atomic mass is 16.5. The molecule has 0 aliphatic heterocycles. The number of aromatic nitrogens is 1. The lowest BCUT2D eigenvalue weighted by atomic mass is 10.2. The van der Waals surface area contributed by atoms with E-state index in [2.05, 4.69) is 10.3 Å². The Morgan fingerprint density at radius 1 is 1.21 bits per heavy atom. The van der Waals surface area contributed by atoms with Gasteiger partial charge < -0.3 is 15.8 Å². The van der Waals surface area contributed by atoms with Gasteiger partial charge in [0.15, 0.2) is 0 Å². The van der Waals surface area contributed by atoms with E-state index in [-0.39, 0.29) is 6.10 Å². The van der Waals surface area contributed by atoms with E-state index < -0.39 is 0 Å². The Kier molecular flexibility index (Phi) is 3.90. The lowest BCUT2D eigenvalue weighted by Gasteiger charge is -2.11. The standard InChI is InChI=1S/C15H19N3O/c1-10(2)19-13-6-4-12(5-7-13)18-15-8-14(16)11(3)9-17-15/h4-10H,1-3H3,(H3,16,17,18). The summed E-state index contributed by atoms with van der Waals surface area (Å²) in [5.74, 6) is 1.59. The fourth-order valence-electron chi connectivity index (χ4n) is 1.64. The van der Waals surface area contributed by atoms with Crippen LogP contribution in [0.5, 0.6) is 5.75 Å². The molecule has 0 fully saturated rings. The van der Waals surface area contributed by atoms with Gasteiger partial charge in [-0.1, -0.05) is 0 Å². The second kappa shape index (κ2) is 5.61. The fraction of sp³-hybridized carbons (Fsp3) is 0.267. The van der Waals surface area contributed by atoms with Crippen molar-refractivity contribution in [2.24, 2.45) is 0 Å². The van der Waals surface area contributed by atoms with E-state index in [0.29, 0.717) is 0 Å². The molecular formula is C15H19N3O. The molecule has 0 saturated carbocycles. The maximum atomic E-state index is 5.85. The highest BCUT2D eigenvalue weighted by Crippen LogP contribution is 2.21. The maximum Gasteiger partial charge on any atom is 0.132 e. The molecule has 1 aromatic heterocycles. The minimum Gasteiger partial charge on any atom is -0.491 e. The first-order valence-corrected chi connectivity index (χ1v) is 6.30. The molecule has 0 bridgehead atoms. The molecule has 0 amide bonds. The van der Waals surface area contributed by atoms with Crippen LogP contribution in [0.25, 0.3) is 0 Å². The van der Waals surface area contributed by atoms with Crippen molar-refractivity contribution < 1.29 is 4.74 Å². The molecule has 2 aromatic rings. The van der Waals surface area contributed by atoms with E-state index in [9.17, 15) is 0 Å². The van der Waals surface area contributed by atoms with Gasteiger partial charge in [0.25, 0.3) is 0 Å². The summed E-state index contributed by atoms with van der Waals surface area (Å²) in [5, 5.41) is 3.21. The van der Waals surface area contributed by atoms with E-state index in [1.165, 1.54) is 0 Å². The molecule has 0 atom stereocenters. The van der Waals surface area contributed by atoms with Gasteiger partial charge in [0, 0.05) is 23.6 Å². The third-order valence-corrected chi connectivity index (χ3v) is 2.64. The SMILES string of the molecule is Cc1cnc(Nc2ccc(OC(C)C)cc2)cc1N. The largest absolute Gasteiger partial charge is 0.491 e. The molecule has 0 saturated heterocycles. The summed E-state index contributed by atoms with van der Waals surface area (Å²) in [6.07, 6.45) is 1.94. The number of nitrogen functional groups attached to an aromatic ring is 1. The van der Waals surface area contributed by atoms with Crippen LogP contribution in [0.2, 0.25) is 0 Å². The number of hydrogen-bond donors (Lipinski definition) is 2. The molecule has 0 spiro atoms. The van der Waals surface area contributed by atoms with Gasteiger partial charge in [-0.15, -0.1) is 0 Å². The Hall–Kier alpha value is -2.23. The van der Waals surface area contributed by atoms with Gasteiger partial charge in [-0.05, 0) is 50.6 Å². The summed E-state index contributed by atoms with van der Waals surface area (Å²) in [4.78, 5) is 4.28. The second-order valence-corrected chi connectivity index (χ2v) is 4.74. The minimum atomic E-state index is 0.178. The average Bonchev–Trinajstić information content (AvgIpc) is 2.36. The number of pyridine rings is 1. The van der Waals surface area contributed by atoms with Crippen molar-refractivity contribution in [1.82, 2.24) is 4.98 Å². The van der Waals surface area contributed by atoms with Crippen LogP contribution in [0.15, 0.2) is 36.5 Å². The summed E-state index contributed by atoms with van der Waals surface area (Å²) in [7, 11) is 0. The normalized spacial score (nSPS) is 10.5. The lowest BCUT2D eigenvalue weighted by molar-refractivity contribution is 0.242. The maximum absolute atomic E-state index is 5.85. The number of nitrogens with one attached hydrogen (secondary N) is 1. The number of nitrogens with zero attached hydrogens (tertiary/aromatic N) is 1. The topological polar surface area (TPSA) is 60.2 Å². The summed E-state index contributed by atoms with van der Waals surface area (Å²) in [5.41, 5.74) is 8.52. The highest BCUT2D eigenvalue weighted by Gasteiger charge is 2.01. The van der Waals surface area contributed by atoms with Crippen LogP contribution in [-0.2, 0) is 0 Å². The molecule has 0 unspecified atom stereocenters. The summed E-state index contributed by atoms with van der Waals surface area (Å²) < 4.78 is 5.59. The number of benzene rings is 1. The van der Waals surface area contributed by atoms with Gasteiger partial charge in [-0.3, -0.25) is 0 Å². The van der Waals surface area contributed by atoms with E-state index in [1.54, 1.807) is 6.20 Å². The fourth-order valence-corrected chi connectivity index (χ4v) is 1.64. The van der Waals surface area contributed by atoms with Crippen LogP contribution in [0.4, 0.5) is 17.2 Å². The van der Waals surface area contributed by atoms with Crippen LogP contribution in [0, 0.1) is 6.92 Å². The molecule has 4 nitrogen and oxygen atoms in total. The number of hydrogen-bond acceptors (Lipinski definition) is 4. The molecule has 2 rings (SSSR count). The molecule has 0 aliphatic rings. The smallest absolute Gasteiger partial charge is 0.132 e. The van der Waals surface area contributed by atoms with Gasteiger partial charge in [0.1, 0.15) is 11.6 Å². The number of aryl methyl sites for hydroxylation is 1. The molecule has 19 heavy (non-hydrogen) atoms.